The summed E-state index contributed by atoms with van der Waals surface area (Å²) in [5.74, 6) is -0.250. The van der Waals surface area contributed by atoms with Crippen molar-refractivity contribution in [3.8, 4) is 0 Å². The lowest BCUT2D eigenvalue weighted by Crippen LogP contribution is -2.45. The molecule has 0 unspecified atom stereocenters. The van der Waals surface area contributed by atoms with Gasteiger partial charge in [-0.05, 0) is 50.0 Å². The summed E-state index contributed by atoms with van der Waals surface area (Å²) < 4.78 is 4.20. The maximum absolute atomic E-state index is 12.4. The van der Waals surface area contributed by atoms with Gasteiger partial charge in [-0.25, -0.2) is 0 Å². The van der Waals surface area contributed by atoms with Gasteiger partial charge in [0.05, 0.1) is 15.1 Å². The molecule has 2 heterocycles. The second-order valence-corrected chi connectivity index (χ2v) is 7.07. The van der Waals surface area contributed by atoms with E-state index < -0.39 is 10.5 Å². The summed E-state index contributed by atoms with van der Waals surface area (Å²) in [4.78, 5) is 22.6. The molecule has 0 bridgehead atoms. The molecule has 0 saturated carbocycles. The highest BCUT2D eigenvalue weighted by Crippen LogP contribution is 2.20. The van der Waals surface area contributed by atoms with Crippen LogP contribution in [-0.2, 0) is 16.9 Å². The molecule has 25 heavy (non-hydrogen) atoms. The molecule has 9 nitrogen and oxygen atoms in total. The number of carbonyl (C=O) groups excluding carboxylic acids is 1. The molecule has 0 atom stereocenters. The monoisotopic (exact) mass is 412 g/mol. The van der Waals surface area contributed by atoms with Crippen LogP contribution in [0.1, 0.15) is 31.7 Å². The highest BCUT2D eigenvalue weighted by molar-refractivity contribution is 9.10. The lowest BCUT2D eigenvalue weighted by molar-refractivity contribution is -0.385. The lowest BCUT2D eigenvalue weighted by Gasteiger charge is -2.23. The Kier molecular flexibility index (Phi) is 5.61. The molecule has 1 N–H and O–H groups in total. The Hall–Kier alpha value is -2.23. The summed E-state index contributed by atoms with van der Waals surface area (Å²) in [6.45, 7) is 8.40. The number of halogens is 1. The number of hydrogen-bond donors (Lipinski definition) is 1. The number of nitrogens with one attached hydrogen (secondary N) is 1. The van der Waals surface area contributed by atoms with Crippen molar-refractivity contribution < 1.29 is 9.72 Å². The van der Waals surface area contributed by atoms with Crippen LogP contribution >= 0.6 is 15.9 Å². The fourth-order valence-corrected chi connectivity index (χ4v) is 2.64. The van der Waals surface area contributed by atoms with E-state index in [0.29, 0.717) is 13.1 Å². The Morgan fingerprint density at radius 2 is 2.12 bits per heavy atom. The van der Waals surface area contributed by atoms with E-state index in [-0.39, 0.29) is 11.6 Å². The van der Waals surface area contributed by atoms with Gasteiger partial charge in [0.15, 0.2) is 0 Å². The first kappa shape index (κ1) is 19.1. The molecule has 2 aromatic rings. The maximum atomic E-state index is 12.4. The van der Waals surface area contributed by atoms with Gasteiger partial charge in [0.1, 0.15) is 17.9 Å². The van der Waals surface area contributed by atoms with Gasteiger partial charge in [-0.3, -0.25) is 24.3 Å². The third-order valence-electron chi connectivity index (χ3n) is 4.03. The van der Waals surface area contributed by atoms with Gasteiger partial charge >= 0.3 is 5.69 Å². The first-order valence-corrected chi connectivity index (χ1v) is 8.61. The molecular weight excluding hydrogens is 392 g/mol. The van der Waals surface area contributed by atoms with Crippen LogP contribution in [0.2, 0.25) is 0 Å². The van der Waals surface area contributed by atoms with Crippen molar-refractivity contribution in [2.45, 2.75) is 46.2 Å². The summed E-state index contributed by atoms with van der Waals surface area (Å²) in [6.07, 6.45) is 3.11. The standard InChI is InChI=1S/C15H21BrN6O3/c1-10-13(16)11(2)20(19-10)7-5-6-17-14(23)15(3,4)21-9-12(8-18-21)22(24)25/h8-9H,5-7H2,1-4H3,(H,17,23). The molecular formula is C15H21BrN6O3. The maximum Gasteiger partial charge on any atom is 0.307 e. The third kappa shape index (κ3) is 4.06. The minimum Gasteiger partial charge on any atom is -0.354 e. The molecule has 0 fully saturated rings. The number of carbonyl (C=O) groups is 1. The van der Waals surface area contributed by atoms with E-state index in [1.165, 1.54) is 10.9 Å². The van der Waals surface area contributed by atoms with Gasteiger partial charge in [-0.1, -0.05) is 0 Å². The molecule has 0 spiro atoms. The number of amides is 1. The molecule has 1 amide bonds. The zero-order chi connectivity index (χ0) is 18.8. The first-order valence-electron chi connectivity index (χ1n) is 7.82. The summed E-state index contributed by atoms with van der Waals surface area (Å²) in [6, 6.07) is 0. The van der Waals surface area contributed by atoms with Gasteiger partial charge in [-0.2, -0.15) is 10.2 Å². The Bertz CT molecular complexity index is 795. The van der Waals surface area contributed by atoms with Crippen LogP contribution in [0.5, 0.6) is 0 Å². The molecule has 0 saturated heterocycles. The van der Waals surface area contributed by atoms with Crippen LogP contribution in [0.3, 0.4) is 0 Å². The Morgan fingerprint density at radius 1 is 1.44 bits per heavy atom. The number of aryl methyl sites for hydroxylation is 2. The normalized spacial score (nSPS) is 11.6. The van der Waals surface area contributed by atoms with Crippen molar-refractivity contribution in [3.05, 3.63) is 38.4 Å². The van der Waals surface area contributed by atoms with Crippen molar-refractivity contribution in [1.29, 1.82) is 0 Å². The van der Waals surface area contributed by atoms with Crippen LogP contribution in [0.4, 0.5) is 5.69 Å². The van der Waals surface area contributed by atoms with E-state index in [0.717, 1.165) is 28.5 Å². The molecule has 2 aromatic heterocycles. The average Bonchev–Trinajstić information content (AvgIpc) is 3.14. The molecule has 0 aliphatic heterocycles. The van der Waals surface area contributed by atoms with E-state index in [1.54, 1.807) is 13.8 Å². The number of hydrogen-bond acceptors (Lipinski definition) is 5. The van der Waals surface area contributed by atoms with Gasteiger partial charge in [-0.15, -0.1) is 0 Å². The summed E-state index contributed by atoms with van der Waals surface area (Å²) in [5.41, 5.74) is 0.821. The quantitative estimate of drug-likeness (QED) is 0.426. The summed E-state index contributed by atoms with van der Waals surface area (Å²) >= 11 is 3.49. The average molecular weight is 413 g/mol. The molecule has 0 aliphatic rings. The van der Waals surface area contributed by atoms with Gasteiger partial charge in [0.25, 0.3) is 0 Å². The largest absolute Gasteiger partial charge is 0.354 e. The highest BCUT2D eigenvalue weighted by atomic mass is 79.9. The lowest BCUT2D eigenvalue weighted by atomic mass is 10.1. The topological polar surface area (TPSA) is 108 Å². The van der Waals surface area contributed by atoms with Crippen LogP contribution in [0.25, 0.3) is 0 Å². The molecule has 136 valence electrons. The van der Waals surface area contributed by atoms with Crippen molar-refractivity contribution >= 4 is 27.5 Å². The SMILES string of the molecule is Cc1nn(CCCNC(=O)C(C)(C)n2cc([N+](=O)[O-])cn2)c(C)c1Br. The second kappa shape index (κ2) is 7.34. The van der Waals surface area contributed by atoms with Crippen molar-refractivity contribution in [3.63, 3.8) is 0 Å². The Morgan fingerprint density at radius 3 is 2.64 bits per heavy atom. The second-order valence-electron chi connectivity index (χ2n) is 6.28. The predicted molar refractivity (Wildman–Crippen MR) is 95.2 cm³/mol. The Balaban J connectivity index is 1.90. The summed E-state index contributed by atoms with van der Waals surface area (Å²) in [5, 5.41) is 21.9. The van der Waals surface area contributed by atoms with Crippen molar-refractivity contribution in [2.75, 3.05) is 6.54 Å². The zero-order valence-electron chi connectivity index (χ0n) is 14.6. The van der Waals surface area contributed by atoms with E-state index >= 15 is 0 Å². The fourth-order valence-electron chi connectivity index (χ4n) is 2.36. The molecule has 0 aliphatic carbocycles. The zero-order valence-corrected chi connectivity index (χ0v) is 16.2. The van der Waals surface area contributed by atoms with E-state index in [2.05, 4.69) is 31.4 Å². The number of rotatable bonds is 7. The first-order chi connectivity index (χ1) is 11.6. The Labute approximate surface area is 153 Å². The number of aromatic nitrogens is 4. The van der Waals surface area contributed by atoms with E-state index in [9.17, 15) is 14.9 Å². The third-order valence-corrected chi connectivity index (χ3v) is 5.18. The van der Waals surface area contributed by atoms with E-state index in [1.807, 2.05) is 18.5 Å². The van der Waals surface area contributed by atoms with Crippen LogP contribution < -0.4 is 5.32 Å². The summed E-state index contributed by atoms with van der Waals surface area (Å²) in [7, 11) is 0. The molecule has 10 heteroatoms. The van der Waals surface area contributed by atoms with Gasteiger partial charge in [0.2, 0.25) is 5.91 Å². The smallest absolute Gasteiger partial charge is 0.307 e. The molecule has 0 aromatic carbocycles. The van der Waals surface area contributed by atoms with Gasteiger partial charge in [0, 0.05) is 18.8 Å². The molecule has 2 rings (SSSR count). The molecule has 0 radical (unpaired) electrons. The van der Waals surface area contributed by atoms with Crippen LogP contribution in [-0.4, -0.2) is 36.9 Å². The minimum atomic E-state index is -1.02. The predicted octanol–water partition coefficient (Wildman–Crippen LogP) is 2.31. The van der Waals surface area contributed by atoms with Crippen LogP contribution in [0, 0.1) is 24.0 Å². The number of nitro groups is 1. The van der Waals surface area contributed by atoms with Gasteiger partial charge < -0.3 is 5.32 Å². The highest BCUT2D eigenvalue weighted by Gasteiger charge is 2.31. The minimum absolute atomic E-state index is 0.143. The van der Waals surface area contributed by atoms with E-state index in [4.69, 9.17) is 0 Å². The van der Waals surface area contributed by atoms with Crippen molar-refractivity contribution in [1.82, 2.24) is 24.9 Å². The number of nitrogens with zero attached hydrogens (tertiary/aromatic N) is 5. The van der Waals surface area contributed by atoms with Crippen molar-refractivity contribution in [2.24, 2.45) is 0 Å². The van der Waals surface area contributed by atoms with Crippen LogP contribution in [0.15, 0.2) is 16.9 Å². The fraction of sp³-hybridized carbons (Fsp3) is 0.533.